The maximum absolute atomic E-state index is 12.8. The van der Waals surface area contributed by atoms with E-state index in [2.05, 4.69) is 0 Å². The van der Waals surface area contributed by atoms with Crippen LogP contribution in [0.5, 0.6) is 0 Å². The first-order chi connectivity index (χ1) is 12.3. The van der Waals surface area contributed by atoms with Gasteiger partial charge >= 0.3 is 0 Å². The molecule has 0 aromatic carbocycles. The van der Waals surface area contributed by atoms with Crippen LogP contribution in [0.2, 0.25) is 0 Å². The summed E-state index contributed by atoms with van der Waals surface area (Å²) in [6, 6.07) is -1.91. The Morgan fingerprint density at radius 1 is 1.04 bits per heavy atom. The molecule has 0 aromatic rings. The predicted octanol–water partition coefficient (Wildman–Crippen LogP) is -1.37. The summed E-state index contributed by atoms with van der Waals surface area (Å²) in [4.78, 5) is 25.5. The number of nitrogens with two attached hydrogens (primary N) is 4. The van der Waals surface area contributed by atoms with Gasteiger partial charge in [-0.2, -0.15) is 0 Å². The van der Waals surface area contributed by atoms with Gasteiger partial charge in [-0.3, -0.25) is 9.59 Å². The Balaban J connectivity index is 2.97. The number of carbonyl (C=O) groups excluding carboxylic acids is 2. The van der Waals surface area contributed by atoms with Crippen LogP contribution in [-0.4, -0.2) is 58.7 Å². The molecule has 8 nitrogen and oxygen atoms in total. The second-order valence-corrected chi connectivity index (χ2v) is 6.69. The number of hydrogen-bond donors (Lipinski definition) is 6. The van der Waals surface area contributed by atoms with Gasteiger partial charge in [-0.25, -0.2) is 0 Å². The molecule has 26 heavy (non-hydrogen) atoms. The van der Waals surface area contributed by atoms with Crippen molar-refractivity contribution in [3.8, 4) is 0 Å². The zero-order valence-corrected chi connectivity index (χ0v) is 15.1. The fourth-order valence-electron chi connectivity index (χ4n) is 2.99. The Kier molecular flexibility index (Phi) is 9.28. The normalized spacial score (nSPS) is 24.8. The molecule has 0 spiro atoms. The lowest BCUT2D eigenvalue weighted by Crippen LogP contribution is -2.59. The number of carbonyl (C=O) groups is 2. The first-order valence-electron chi connectivity index (χ1n) is 9.09. The van der Waals surface area contributed by atoms with Gasteiger partial charge in [0, 0.05) is 5.57 Å². The van der Waals surface area contributed by atoms with Crippen molar-refractivity contribution < 1.29 is 19.8 Å². The first kappa shape index (κ1) is 22.6. The van der Waals surface area contributed by atoms with Crippen molar-refractivity contribution in [1.29, 1.82) is 0 Å². The summed E-state index contributed by atoms with van der Waals surface area (Å²) in [5.41, 5.74) is 20.1. The number of aliphatic hydroxyl groups is 2. The maximum Gasteiger partial charge on any atom is 0.188 e. The molecule has 0 amide bonds. The van der Waals surface area contributed by atoms with Gasteiger partial charge in [-0.1, -0.05) is 31.1 Å². The molecule has 0 bridgehead atoms. The Hall–Kier alpha value is -1.42. The van der Waals surface area contributed by atoms with Gasteiger partial charge in [0.1, 0.15) is 6.10 Å². The van der Waals surface area contributed by atoms with Crippen molar-refractivity contribution in [2.45, 2.75) is 62.3 Å². The monoisotopic (exact) mass is 368 g/mol. The van der Waals surface area contributed by atoms with Crippen LogP contribution in [0.15, 0.2) is 23.8 Å². The van der Waals surface area contributed by atoms with E-state index in [1.165, 1.54) is 18.2 Å². The van der Waals surface area contributed by atoms with Crippen LogP contribution in [0.3, 0.4) is 0 Å². The fraction of sp³-hybridized carbons (Fsp3) is 0.667. The van der Waals surface area contributed by atoms with Gasteiger partial charge in [-0.05, 0) is 38.8 Å². The van der Waals surface area contributed by atoms with E-state index in [9.17, 15) is 19.8 Å². The van der Waals surface area contributed by atoms with Crippen molar-refractivity contribution in [2.75, 3.05) is 13.1 Å². The van der Waals surface area contributed by atoms with Crippen molar-refractivity contribution in [3.05, 3.63) is 23.8 Å². The molecule has 1 aliphatic rings. The zero-order valence-electron chi connectivity index (χ0n) is 15.1. The molecule has 10 N–H and O–H groups in total. The summed E-state index contributed by atoms with van der Waals surface area (Å²) < 4.78 is 0. The van der Waals surface area contributed by atoms with E-state index < -0.39 is 35.4 Å². The molecular weight excluding hydrogens is 336 g/mol. The Labute approximate surface area is 154 Å². The minimum absolute atomic E-state index is 0.216. The highest BCUT2D eigenvalue weighted by molar-refractivity contribution is 6.10. The van der Waals surface area contributed by atoms with Crippen LogP contribution in [0, 0.1) is 0 Å². The lowest BCUT2D eigenvalue weighted by atomic mass is 9.74. The highest BCUT2D eigenvalue weighted by atomic mass is 16.4. The molecule has 4 atom stereocenters. The number of allylic oxidation sites excluding steroid dienone is 2. The summed E-state index contributed by atoms with van der Waals surface area (Å²) in [7, 11) is 0. The number of rotatable bonds is 12. The standard InChI is InChI=1S/C18H32N4O4/c19-10-3-1-7-13(21)16(24)12-6-5-9-15(23)18(12,26)17(25)14(22)8-2-4-11-20/h5-6,9,13-15,23,26H,1-4,7-8,10-11,19-22H2/t13-,14-,15?,18?/m0/s1. The van der Waals surface area contributed by atoms with Crippen LogP contribution < -0.4 is 22.9 Å². The fourth-order valence-corrected chi connectivity index (χ4v) is 2.99. The molecule has 148 valence electrons. The summed E-state index contributed by atoms with van der Waals surface area (Å²) in [5.74, 6) is -1.37. The Bertz CT molecular complexity index is 549. The predicted molar refractivity (Wildman–Crippen MR) is 100.0 cm³/mol. The van der Waals surface area contributed by atoms with Gasteiger partial charge in [0.25, 0.3) is 0 Å². The Morgan fingerprint density at radius 2 is 1.58 bits per heavy atom. The van der Waals surface area contributed by atoms with Gasteiger partial charge < -0.3 is 33.1 Å². The van der Waals surface area contributed by atoms with E-state index in [0.717, 1.165) is 6.42 Å². The SMILES string of the molecule is NCCCC[C@H](N)C(=O)C1=CC=CC(O)C1(O)C(=O)[C@@H](N)CCCCN. The topological polar surface area (TPSA) is 179 Å². The molecular formula is C18H32N4O4. The highest BCUT2D eigenvalue weighted by Gasteiger charge is 2.51. The zero-order chi connectivity index (χ0) is 19.7. The van der Waals surface area contributed by atoms with Crippen molar-refractivity contribution in [3.63, 3.8) is 0 Å². The lowest BCUT2D eigenvalue weighted by Gasteiger charge is -2.36. The largest absolute Gasteiger partial charge is 0.385 e. The Morgan fingerprint density at radius 3 is 2.12 bits per heavy atom. The van der Waals surface area contributed by atoms with Gasteiger partial charge in [0.15, 0.2) is 17.2 Å². The molecule has 0 aromatic heterocycles. The van der Waals surface area contributed by atoms with Gasteiger partial charge in [0.05, 0.1) is 12.1 Å². The molecule has 1 rings (SSSR count). The molecule has 0 saturated carbocycles. The molecule has 0 fully saturated rings. The first-order valence-corrected chi connectivity index (χ1v) is 9.09. The number of ketones is 2. The minimum atomic E-state index is -2.39. The molecule has 8 heteroatoms. The average molecular weight is 368 g/mol. The van der Waals surface area contributed by atoms with E-state index in [1.54, 1.807) is 0 Å². The highest BCUT2D eigenvalue weighted by Crippen LogP contribution is 2.30. The van der Waals surface area contributed by atoms with Crippen molar-refractivity contribution in [2.24, 2.45) is 22.9 Å². The third kappa shape index (κ3) is 5.29. The minimum Gasteiger partial charge on any atom is -0.385 e. The van der Waals surface area contributed by atoms with Crippen LogP contribution >= 0.6 is 0 Å². The van der Waals surface area contributed by atoms with E-state index in [-0.39, 0.29) is 5.57 Å². The molecule has 2 unspecified atom stereocenters. The van der Waals surface area contributed by atoms with Gasteiger partial charge in [-0.15, -0.1) is 0 Å². The van der Waals surface area contributed by atoms with E-state index >= 15 is 0 Å². The maximum atomic E-state index is 12.8. The lowest BCUT2D eigenvalue weighted by molar-refractivity contribution is -0.145. The average Bonchev–Trinajstić information content (AvgIpc) is 2.62. The van der Waals surface area contributed by atoms with Crippen molar-refractivity contribution >= 4 is 11.6 Å². The molecule has 0 heterocycles. The third-order valence-electron chi connectivity index (χ3n) is 4.65. The number of unbranched alkanes of at least 4 members (excludes halogenated alkanes) is 2. The number of aliphatic hydroxyl groups excluding tert-OH is 1. The van der Waals surface area contributed by atoms with Gasteiger partial charge in [0.2, 0.25) is 0 Å². The quantitative estimate of drug-likeness (QED) is 0.228. The van der Waals surface area contributed by atoms with E-state index in [0.29, 0.717) is 45.2 Å². The van der Waals surface area contributed by atoms with E-state index in [4.69, 9.17) is 22.9 Å². The van der Waals surface area contributed by atoms with Crippen LogP contribution in [0.25, 0.3) is 0 Å². The van der Waals surface area contributed by atoms with E-state index in [1.807, 2.05) is 0 Å². The van der Waals surface area contributed by atoms with Crippen LogP contribution in [-0.2, 0) is 9.59 Å². The van der Waals surface area contributed by atoms with Crippen molar-refractivity contribution in [1.82, 2.24) is 0 Å². The van der Waals surface area contributed by atoms with Crippen LogP contribution in [0.1, 0.15) is 38.5 Å². The summed E-state index contributed by atoms with van der Waals surface area (Å²) >= 11 is 0. The number of Topliss-reactive ketones (excluding diaryl/α,β-unsaturated/α-hetero) is 2. The second kappa shape index (κ2) is 10.7. The summed E-state index contributed by atoms with van der Waals surface area (Å²) in [6.07, 6.45) is 5.79. The second-order valence-electron chi connectivity index (χ2n) is 6.69. The molecule has 1 aliphatic carbocycles. The smallest absolute Gasteiger partial charge is 0.188 e. The summed E-state index contributed by atoms with van der Waals surface area (Å²) in [6.45, 7) is 0.961. The van der Waals surface area contributed by atoms with Crippen LogP contribution in [0.4, 0.5) is 0 Å². The summed E-state index contributed by atoms with van der Waals surface area (Å²) in [5, 5.41) is 21.2. The molecule has 0 radical (unpaired) electrons. The molecule has 0 aliphatic heterocycles. The molecule has 0 saturated heterocycles. The third-order valence-corrected chi connectivity index (χ3v) is 4.65. The number of hydrogen-bond acceptors (Lipinski definition) is 8.